The largest absolute Gasteiger partial charge is 0.473 e. The minimum absolute atomic E-state index is 0.421. The Balaban J connectivity index is 1.45. The van der Waals surface area contributed by atoms with Crippen LogP contribution in [0, 0.1) is 13.8 Å². The maximum absolute atomic E-state index is 5.93. The fourth-order valence-electron chi connectivity index (χ4n) is 2.92. The van der Waals surface area contributed by atoms with Crippen LogP contribution in [0.2, 0.25) is 0 Å². The first-order chi connectivity index (χ1) is 12.7. The molecular weight excluding hydrogens is 324 g/mol. The molecular formula is C22H20N2O2. The first kappa shape index (κ1) is 16.2. The third-order valence-corrected chi connectivity index (χ3v) is 4.25. The van der Waals surface area contributed by atoms with Gasteiger partial charge in [0.15, 0.2) is 6.73 Å². The number of hydrogen-bond acceptors (Lipinski definition) is 3. The van der Waals surface area contributed by atoms with Crippen molar-refractivity contribution in [3.05, 3.63) is 84.2 Å². The normalized spacial score (nSPS) is 10.8. The molecule has 0 saturated carbocycles. The van der Waals surface area contributed by atoms with Crippen molar-refractivity contribution in [3.63, 3.8) is 0 Å². The summed E-state index contributed by atoms with van der Waals surface area (Å²) in [6.45, 7) is 4.46. The second kappa shape index (κ2) is 6.92. The standard InChI is InChI=1S/C22H20N2O2/c1-16-6-5-7-20(14-16)26-19-12-10-18(11-13-19)25-15-24-17(2)23-21-8-3-4-9-22(21)24/h3-14H,15H2,1-2H3. The second-order valence-electron chi connectivity index (χ2n) is 6.24. The van der Waals surface area contributed by atoms with Gasteiger partial charge < -0.3 is 9.47 Å². The van der Waals surface area contributed by atoms with Gasteiger partial charge in [-0.25, -0.2) is 4.98 Å². The summed E-state index contributed by atoms with van der Waals surface area (Å²) in [4.78, 5) is 4.56. The fourth-order valence-corrected chi connectivity index (χ4v) is 2.92. The predicted molar refractivity (Wildman–Crippen MR) is 103 cm³/mol. The van der Waals surface area contributed by atoms with E-state index in [2.05, 4.69) is 15.6 Å². The number of aryl methyl sites for hydroxylation is 2. The zero-order valence-corrected chi connectivity index (χ0v) is 14.8. The molecule has 4 rings (SSSR count). The molecule has 26 heavy (non-hydrogen) atoms. The molecule has 0 atom stereocenters. The van der Waals surface area contributed by atoms with Crippen molar-refractivity contribution >= 4 is 11.0 Å². The highest BCUT2D eigenvalue weighted by molar-refractivity contribution is 5.75. The maximum atomic E-state index is 5.93. The van der Waals surface area contributed by atoms with Crippen LogP contribution in [0.4, 0.5) is 0 Å². The van der Waals surface area contributed by atoms with E-state index in [0.717, 1.165) is 34.1 Å². The first-order valence-corrected chi connectivity index (χ1v) is 8.58. The summed E-state index contributed by atoms with van der Waals surface area (Å²) in [5, 5.41) is 0. The molecule has 0 spiro atoms. The molecule has 1 heterocycles. The molecule has 0 fully saturated rings. The van der Waals surface area contributed by atoms with E-state index in [1.807, 2.05) is 80.6 Å². The molecule has 0 aliphatic carbocycles. The lowest BCUT2D eigenvalue weighted by atomic mass is 10.2. The molecule has 4 nitrogen and oxygen atoms in total. The maximum Gasteiger partial charge on any atom is 0.166 e. The zero-order valence-electron chi connectivity index (χ0n) is 14.8. The van der Waals surface area contributed by atoms with E-state index in [1.165, 1.54) is 5.56 Å². The van der Waals surface area contributed by atoms with Crippen molar-refractivity contribution in [2.45, 2.75) is 20.6 Å². The Hall–Kier alpha value is -3.27. The quantitative estimate of drug-likeness (QED) is 0.481. The van der Waals surface area contributed by atoms with Crippen molar-refractivity contribution < 1.29 is 9.47 Å². The van der Waals surface area contributed by atoms with E-state index >= 15 is 0 Å². The lowest BCUT2D eigenvalue weighted by molar-refractivity contribution is 0.238. The number of imidazole rings is 1. The van der Waals surface area contributed by atoms with Crippen LogP contribution in [-0.4, -0.2) is 9.55 Å². The van der Waals surface area contributed by atoms with Crippen molar-refractivity contribution in [2.75, 3.05) is 0 Å². The molecule has 130 valence electrons. The molecule has 0 radical (unpaired) electrons. The van der Waals surface area contributed by atoms with Gasteiger partial charge >= 0.3 is 0 Å². The summed E-state index contributed by atoms with van der Waals surface area (Å²) in [6, 6.07) is 23.7. The van der Waals surface area contributed by atoms with Gasteiger partial charge in [0.25, 0.3) is 0 Å². The Morgan fingerprint density at radius 1 is 0.808 bits per heavy atom. The number of rotatable bonds is 5. The summed E-state index contributed by atoms with van der Waals surface area (Å²) in [5.74, 6) is 3.34. The van der Waals surface area contributed by atoms with E-state index < -0.39 is 0 Å². The molecule has 4 heteroatoms. The zero-order chi connectivity index (χ0) is 17.9. The van der Waals surface area contributed by atoms with Crippen LogP contribution in [0.5, 0.6) is 17.2 Å². The van der Waals surface area contributed by atoms with E-state index in [4.69, 9.17) is 9.47 Å². The Labute approximate surface area is 152 Å². The SMILES string of the molecule is Cc1cccc(Oc2ccc(OCn3c(C)nc4ccccc43)cc2)c1. The van der Waals surface area contributed by atoms with Gasteiger partial charge in [0.1, 0.15) is 23.1 Å². The van der Waals surface area contributed by atoms with Crippen LogP contribution < -0.4 is 9.47 Å². The van der Waals surface area contributed by atoms with E-state index in [-0.39, 0.29) is 0 Å². The Bertz CT molecular complexity index is 1040. The average Bonchev–Trinajstić information content (AvgIpc) is 2.96. The lowest BCUT2D eigenvalue weighted by Crippen LogP contribution is -2.06. The van der Waals surface area contributed by atoms with Crippen LogP contribution in [0.1, 0.15) is 11.4 Å². The smallest absolute Gasteiger partial charge is 0.166 e. The van der Waals surface area contributed by atoms with Crippen LogP contribution >= 0.6 is 0 Å². The second-order valence-corrected chi connectivity index (χ2v) is 6.24. The Morgan fingerprint density at radius 3 is 2.38 bits per heavy atom. The number of benzene rings is 3. The van der Waals surface area contributed by atoms with Crippen molar-refractivity contribution in [1.29, 1.82) is 0 Å². The highest BCUT2D eigenvalue weighted by Crippen LogP contribution is 2.25. The van der Waals surface area contributed by atoms with E-state index in [0.29, 0.717) is 6.73 Å². The summed E-state index contributed by atoms with van der Waals surface area (Å²) < 4.78 is 13.9. The third kappa shape index (κ3) is 3.40. The van der Waals surface area contributed by atoms with Crippen molar-refractivity contribution in [3.8, 4) is 17.2 Å². The third-order valence-electron chi connectivity index (χ3n) is 4.25. The molecule has 0 aliphatic heterocycles. The van der Waals surface area contributed by atoms with E-state index in [9.17, 15) is 0 Å². The van der Waals surface area contributed by atoms with Crippen LogP contribution in [-0.2, 0) is 6.73 Å². The molecule has 0 aliphatic rings. The van der Waals surface area contributed by atoms with Crippen LogP contribution in [0.25, 0.3) is 11.0 Å². The van der Waals surface area contributed by atoms with Gasteiger partial charge in [-0.05, 0) is 67.9 Å². The van der Waals surface area contributed by atoms with Crippen molar-refractivity contribution in [1.82, 2.24) is 9.55 Å². The fraction of sp³-hybridized carbons (Fsp3) is 0.136. The molecule has 4 aromatic rings. The number of hydrogen-bond donors (Lipinski definition) is 0. The average molecular weight is 344 g/mol. The highest BCUT2D eigenvalue weighted by Gasteiger charge is 2.07. The summed E-state index contributed by atoms with van der Waals surface area (Å²) in [7, 11) is 0. The number of fused-ring (bicyclic) bond motifs is 1. The van der Waals surface area contributed by atoms with Gasteiger partial charge in [-0.3, -0.25) is 4.57 Å². The molecule has 3 aromatic carbocycles. The Kier molecular flexibility index (Phi) is 4.32. The van der Waals surface area contributed by atoms with Crippen molar-refractivity contribution in [2.24, 2.45) is 0 Å². The van der Waals surface area contributed by atoms with Crippen LogP contribution in [0.3, 0.4) is 0 Å². The topological polar surface area (TPSA) is 36.3 Å². The summed E-state index contributed by atoms with van der Waals surface area (Å²) in [5.41, 5.74) is 3.23. The van der Waals surface area contributed by atoms with Gasteiger partial charge in [0, 0.05) is 0 Å². The van der Waals surface area contributed by atoms with Gasteiger partial charge in [-0.15, -0.1) is 0 Å². The molecule has 1 aromatic heterocycles. The number of nitrogens with zero attached hydrogens (tertiary/aromatic N) is 2. The predicted octanol–water partition coefficient (Wildman–Crippen LogP) is 5.48. The van der Waals surface area contributed by atoms with Gasteiger partial charge in [-0.2, -0.15) is 0 Å². The molecule has 0 saturated heterocycles. The lowest BCUT2D eigenvalue weighted by Gasteiger charge is -2.11. The highest BCUT2D eigenvalue weighted by atomic mass is 16.5. The van der Waals surface area contributed by atoms with Gasteiger partial charge in [0.2, 0.25) is 0 Å². The summed E-state index contributed by atoms with van der Waals surface area (Å²) in [6.07, 6.45) is 0. The first-order valence-electron chi connectivity index (χ1n) is 8.58. The number of ether oxygens (including phenoxy) is 2. The summed E-state index contributed by atoms with van der Waals surface area (Å²) >= 11 is 0. The molecule has 0 bridgehead atoms. The minimum atomic E-state index is 0.421. The monoisotopic (exact) mass is 344 g/mol. The Morgan fingerprint density at radius 2 is 1.58 bits per heavy atom. The molecule has 0 amide bonds. The molecule has 0 N–H and O–H groups in total. The van der Waals surface area contributed by atoms with Gasteiger partial charge in [0.05, 0.1) is 11.0 Å². The minimum Gasteiger partial charge on any atom is -0.473 e. The van der Waals surface area contributed by atoms with Crippen LogP contribution in [0.15, 0.2) is 72.8 Å². The molecule has 0 unspecified atom stereocenters. The van der Waals surface area contributed by atoms with Gasteiger partial charge in [-0.1, -0.05) is 24.3 Å². The number of para-hydroxylation sites is 2. The number of aromatic nitrogens is 2. The van der Waals surface area contributed by atoms with E-state index in [1.54, 1.807) is 0 Å².